The van der Waals surface area contributed by atoms with Gasteiger partial charge in [-0.15, -0.1) is 0 Å². The smallest absolute Gasteiger partial charge is 0.303 e. The average molecular weight is 452 g/mol. The molecule has 2 aromatic rings. The van der Waals surface area contributed by atoms with Crippen LogP contribution in [0.1, 0.15) is 62.2 Å². The van der Waals surface area contributed by atoms with Crippen LogP contribution in [0.4, 0.5) is 0 Å². The Morgan fingerprint density at radius 1 is 1.12 bits per heavy atom. The van der Waals surface area contributed by atoms with E-state index in [2.05, 4.69) is 0 Å². The zero-order chi connectivity index (χ0) is 23.6. The van der Waals surface area contributed by atoms with Crippen molar-refractivity contribution in [2.75, 3.05) is 6.54 Å². The Balaban J connectivity index is 1.53. The number of carboxylic acid groups (broad SMARTS) is 1. The van der Waals surface area contributed by atoms with Crippen molar-refractivity contribution in [3.05, 3.63) is 71.8 Å². The Bertz CT molecular complexity index is 953. The minimum atomic E-state index is -0.792. The quantitative estimate of drug-likeness (QED) is 0.333. The number of rotatable bonds is 12. The molecule has 1 fully saturated rings. The lowest BCUT2D eigenvalue weighted by molar-refractivity contribution is -0.137. The molecule has 6 heteroatoms. The van der Waals surface area contributed by atoms with Crippen LogP contribution in [0.5, 0.6) is 11.5 Å². The topological polar surface area (TPSA) is 87.1 Å². The van der Waals surface area contributed by atoms with Crippen molar-refractivity contribution >= 4 is 11.9 Å². The standard InChI is InChI=1S/C27H33NO5/c1-20-10-14-23(15-11-20)33-24-8-6-7-21(19-24)25(29)16-12-22-13-17-26(30)28(22)18-5-3-2-4-9-27(31)32/h6-8,10-12,14-16,19,22,25,29H,2-5,9,13,17-18H2,1H3,(H,31,32)/t22?,25-/m1/s1. The van der Waals surface area contributed by atoms with Crippen molar-refractivity contribution in [2.45, 2.75) is 64.0 Å². The fourth-order valence-electron chi connectivity index (χ4n) is 4.01. The molecule has 0 spiro atoms. The first-order valence-electron chi connectivity index (χ1n) is 11.6. The molecule has 1 aliphatic rings. The van der Waals surface area contributed by atoms with Gasteiger partial charge in [0.2, 0.25) is 5.91 Å². The third-order valence-electron chi connectivity index (χ3n) is 5.89. The normalized spacial score (nSPS) is 17.0. The number of unbranched alkanes of at least 4 members (excludes halogenated alkanes) is 3. The first kappa shape index (κ1) is 24.5. The lowest BCUT2D eigenvalue weighted by Gasteiger charge is -2.22. The second-order valence-electron chi connectivity index (χ2n) is 8.57. The van der Waals surface area contributed by atoms with E-state index in [1.807, 2.05) is 66.4 Å². The summed E-state index contributed by atoms with van der Waals surface area (Å²) < 4.78 is 5.90. The molecular weight excluding hydrogens is 418 g/mol. The maximum absolute atomic E-state index is 12.3. The van der Waals surface area contributed by atoms with Crippen LogP contribution in [0.2, 0.25) is 0 Å². The number of hydrogen-bond acceptors (Lipinski definition) is 4. The molecule has 2 atom stereocenters. The second-order valence-corrected chi connectivity index (χ2v) is 8.57. The van der Waals surface area contributed by atoms with Gasteiger partial charge in [-0.25, -0.2) is 0 Å². The van der Waals surface area contributed by atoms with Crippen molar-refractivity contribution in [1.82, 2.24) is 4.90 Å². The molecule has 3 rings (SSSR count). The largest absolute Gasteiger partial charge is 0.481 e. The summed E-state index contributed by atoms with van der Waals surface area (Å²) in [5.74, 6) is 0.772. The van der Waals surface area contributed by atoms with Gasteiger partial charge in [0.15, 0.2) is 0 Å². The maximum Gasteiger partial charge on any atom is 0.303 e. The Kier molecular flexibility index (Phi) is 9.07. The van der Waals surface area contributed by atoms with E-state index in [9.17, 15) is 14.7 Å². The minimum Gasteiger partial charge on any atom is -0.481 e. The molecule has 2 N–H and O–H groups in total. The summed E-state index contributed by atoms with van der Waals surface area (Å²) in [5.41, 5.74) is 1.89. The molecule has 176 valence electrons. The van der Waals surface area contributed by atoms with Gasteiger partial charge in [0.1, 0.15) is 11.5 Å². The third-order valence-corrected chi connectivity index (χ3v) is 5.89. The van der Waals surface area contributed by atoms with Gasteiger partial charge >= 0.3 is 5.97 Å². The van der Waals surface area contributed by atoms with E-state index in [-0.39, 0.29) is 18.4 Å². The van der Waals surface area contributed by atoms with Crippen LogP contribution in [0.15, 0.2) is 60.7 Å². The van der Waals surface area contributed by atoms with Gasteiger partial charge in [0.25, 0.3) is 0 Å². The first-order chi connectivity index (χ1) is 15.9. The van der Waals surface area contributed by atoms with Crippen LogP contribution < -0.4 is 4.74 Å². The lowest BCUT2D eigenvalue weighted by atomic mass is 10.1. The second kappa shape index (κ2) is 12.2. The summed E-state index contributed by atoms with van der Waals surface area (Å²) in [6.45, 7) is 2.69. The first-order valence-corrected chi connectivity index (χ1v) is 11.6. The lowest BCUT2D eigenvalue weighted by Crippen LogP contribution is -2.32. The third kappa shape index (κ3) is 7.75. The Morgan fingerprint density at radius 3 is 2.64 bits per heavy atom. The van der Waals surface area contributed by atoms with Gasteiger partial charge < -0.3 is 19.8 Å². The summed E-state index contributed by atoms with van der Waals surface area (Å²) in [6, 6.07) is 15.2. The molecule has 0 radical (unpaired) electrons. The van der Waals surface area contributed by atoms with Crippen LogP contribution in [-0.2, 0) is 9.59 Å². The number of hydrogen-bond donors (Lipinski definition) is 2. The van der Waals surface area contributed by atoms with Crippen LogP contribution >= 0.6 is 0 Å². The van der Waals surface area contributed by atoms with Crippen LogP contribution in [0, 0.1) is 6.92 Å². The predicted octanol–water partition coefficient (Wildman–Crippen LogP) is 5.40. The van der Waals surface area contributed by atoms with E-state index < -0.39 is 12.1 Å². The monoisotopic (exact) mass is 451 g/mol. The van der Waals surface area contributed by atoms with Crippen molar-refractivity contribution in [3.8, 4) is 11.5 Å². The van der Waals surface area contributed by atoms with Crippen molar-refractivity contribution in [3.63, 3.8) is 0 Å². The molecule has 1 unspecified atom stereocenters. The highest BCUT2D eigenvalue weighted by atomic mass is 16.5. The molecule has 0 aliphatic carbocycles. The number of aliphatic hydroxyl groups excluding tert-OH is 1. The summed E-state index contributed by atoms with van der Waals surface area (Å²) in [6.07, 6.45) is 7.63. The van der Waals surface area contributed by atoms with E-state index in [0.717, 1.165) is 42.6 Å². The van der Waals surface area contributed by atoms with Gasteiger partial charge in [0, 0.05) is 19.4 Å². The Labute approximate surface area is 195 Å². The molecule has 1 amide bonds. The molecule has 0 aromatic heterocycles. The zero-order valence-electron chi connectivity index (χ0n) is 19.2. The van der Waals surface area contributed by atoms with E-state index in [0.29, 0.717) is 25.1 Å². The molecule has 1 saturated heterocycles. The molecule has 2 aromatic carbocycles. The molecule has 0 bridgehead atoms. The summed E-state index contributed by atoms with van der Waals surface area (Å²) in [7, 11) is 0. The zero-order valence-corrected chi connectivity index (χ0v) is 19.2. The maximum atomic E-state index is 12.3. The number of carbonyl (C=O) groups is 2. The van der Waals surface area contributed by atoms with E-state index in [1.54, 1.807) is 6.08 Å². The number of aliphatic hydroxyl groups is 1. The van der Waals surface area contributed by atoms with Crippen molar-refractivity contribution in [2.24, 2.45) is 0 Å². The van der Waals surface area contributed by atoms with Crippen molar-refractivity contribution in [1.29, 1.82) is 0 Å². The number of amides is 1. The van der Waals surface area contributed by atoms with Gasteiger partial charge in [-0.3, -0.25) is 9.59 Å². The average Bonchev–Trinajstić information content (AvgIpc) is 3.15. The number of ether oxygens (including phenoxy) is 1. The number of benzene rings is 2. The molecule has 1 heterocycles. The number of aliphatic carboxylic acids is 1. The highest BCUT2D eigenvalue weighted by molar-refractivity contribution is 5.79. The Hall–Kier alpha value is -3.12. The summed E-state index contributed by atoms with van der Waals surface area (Å²) in [4.78, 5) is 24.7. The number of likely N-dealkylation sites (tertiary alicyclic amines) is 1. The molecule has 1 aliphatic heterocycles. The van der Waals surface area contributed by atoms with E-state index >= 15 is 0 Å². The number of nitrogens with zero attached hydrogens (tertiary/aromatic N) is 1. The fourth-order valence-corrected chi connectivity index (χ4v) is 4.01. The van der Waals surface area contributed by atoms with Gasteiger partial charge in [-0.05, 0) is 56.0 Å². The molecule has 6 nitrogen and oxygen atoms in total. The van der Waals surface area contributed by atoms with Crippen LogP contribution in [0.3, 0.4) is 0 Å². The van der Waals surface area contributed by atoms with Crippen LogP contribution in [0.25, 0.3) is 0 Å². The van der Waals surface area contributed by atoms with Crippen LogP contribution in [-0.4, -0.2) is 39.6 Å². The van der Waals surface area contributed by atoms with Gasteiger partial charge in [-0.2, -0.15) is 0 Å². The predicted molar refractivity (Wildman–Crippen MR) is 127 cm³/mol. The number of aryl methyl sites for hydroxylation is 1. The molecular formula is C27H33NO5. The summed E-state index contributed by atoms with van der Waals surface area (Å²) >= 11 is 0. The van der Waals surface area contributed by atoms with Gasteiger partial charge in [0.05, 0.1) is 12.1 Å². The fraction of sp³-hybridized carbons (Fsp3) is 0.407. The molecule has 33 heavy (non-hydrogen) atoms. The van der Waals surface area contributed by atoms with Crippen molar-refractivity contribution < 1.29 is 24.5 Å². The van der Waals surface area contributed by atoms with E-state index in [4.69, 9.17) is 9.84 Å². The Morgan fingerprint density at radius 2 is 1.88 bits per heavy atom. The summed E-state index contributed by atoms with van der Waals surface area (Å²) in [5, 5.41) is 19.4. The van der Waals surface area contributed by atoms with E-state index in [1.165, 1.54) is 0 Å². The highest BCUT2D eigenvalue weighted by Crippen LogP contribution is 2.27. The number of carbonyl (C=O) groups excluding carboxylic acids is 1. The minimum absolute atomic E-state index is 0.0156. The SMILES string of the molecule is Cc1ccc(Oc2cccc([C@H](O)C=CC3CCC(=O)N3CCCCCCC(=O)O)c2)cc1. The molecule has 0 saturated carbocycles. The van der Waals surface area contributed by atoms with Gasteiger partial charge in [-0.1, -0.05) is 54.8 Å². The highest BCUT2D eigenvalue weighted by Gasteiger charge is 2.28. The number of carboxylic acids is 1.